The quantitative estimate of drug-likeness (QED) is 0.853. The molecule has 1 saturated heterocycles. The second-order valence-electron chi connectivity index (χ2n) is 7.62. The van der Waals surface area contributed by atoms with E-state index in [4.69, 9.17) is 9.47 Å². The molecule has 0 atom stereocenters. The van der Waals surface area contributed by atoms with E-state index in [1.165, 1.54) is 0 Å². The molecule has 1 aliphatic heterocycles. The van der Waals surface area contributed by atoms with Gasteiger partial charge >= 0.3 is 12.2 Å². The highest BCUT2D eigenvalue weighted by Gasteiger charge is 2.29. The number of ether oxygens (including phenoxy) is 2. The van der Waals surface area contributed by atoms with Crippen LogP contribution in [0.4, 0.5) is 9.59 Å². The summed E-state index contributed by atoms with van der Waals surface area (Å²) in [4.78, 5) is 37.7. The molecule has 7 nitrogen and oxygen atoms in total. The highest BCUT2D eigenvalue weighted by atomic mass is 16.6. The number of ketones is 1. The molecule has 0 unspecified atom stereocenters. The zero-order valence-corrected chi connectivity index (χ0v) is 16.2. The van der Waals surface area contributed by atoms with Crippen LogP contribution in [0, 0.1) is 5.92 Å². The zero-order chi connectivity index (χ0) is 19.9. The van der Waals surface area contributed by atoms with Crippen molar-refractivity contribution in [3.05, 3.63) is 35.9 Å². The predicted octanol–water partition coefficient (Wildman–Crippen LogP) is 3.13. The maximum absolute atomic E-state index is 12.3. The SMILES string of the molecule is CC(C)(C)OC(=O)N1CCC(C(=O)CNC(=O)OCc2ccccc2)CC1. The molecule has 0 bridgehead atoms. The van der Waals surface area contributed by atoms with Crippen LogP contribution in [0.2, 0.25) is 0 Å². The number of rotatable bonds is 5. The molecule has 1 aliphatic rings. The molecule has 2 rings (SSSR count). The van der Waals surface area contributed by atoms with Crippen LogP contribution in [0.1, 0.15) is 39.2 Å². The second kappa shape index (κ2) is 9.39. The van der Waals surface area contributed by atoms with Gasteiger partial charge in [-0.1, -0.05) is 30.3 Å². The van der Waals surface area contributed by atoms with Crippen molar-refractivity contribution in [1.29, 1.82) is 0 Å². The highest BCUT2D eigenvalue weighted by molar-refractivity contribution is 5.86. The number of hydrogen-bond acceptors (Lipinski definition) is 5. The van der Waals surface area contributed by atoms with Gasteiger partial charge in [-0.05, 0) is 39.2 Å². The van der Waals surface area contributed by atoms with E-state index in [0.29, 0.717) is 25.9 Å². The maximum atomic E-state index is 12.3. The van der Waals surface area contributed by atoms with Crippen molar-refractivity contribution >= 4 is 18.0 Å². The summed E-state index contributed by atoms with van der Waals surface area (Å²) in [5.41, 5.74) is 0.349. The Morgan fingerprint density at radius 3 is 2.33 bits per heavy atom. The molecule has 0 aliphatic carbocycles. The van der Waals surface area contributed by atoms with Crippen LogP contribution < -0.4 is 5.32 Å². The van der Waals surface area contributed by atoms with Gasteiger partial charge in [0, 0.05) is 19.0 Å². The molecule has 2 amide bonds. The fraction of sp³-hybridized carbons (Fsp3) is 0.550. The number of carbonyl (C=O) groups is 3. The molecule has 0 saturated carbocycles. The lowest BCUT2D eigenvalue weighted by atomic mass is 9.92. The average molecular weight is 376 g/mol. The van der Waals surface area contributed by atoms with Gasteiger partial charge in [-0.2, -0.15) is 0 Å². The number of likely N-dealkylation sites (tertiary alicyclic amines) is 1. The highest BCUT2D eigenvalue weighted by Crippen LogP contribution is 2.20. The number of hydrogen-bond donors (Lipinski definition) is 1. The summed E-state index contributed by atoms with van der Waals surface area (Å²) >= 11 is 0. The van der Waals surface area contributed by atoms with Crippen LogP contribution >= 0.6 is 0 Å². The largest absolute Gasteiger partial charge is 0.445 e. The van der Waals surface area contributed by atoms with Gasteiger partial charge in [0.1, 0.15) is 12.2 Å². The average Bonchev–Trinajstić information content (AvgIpc) is 2.64. The fourth-order valence-corrected chi connectivity index (χ4v) is 2.79. The minimum atomic E-state index is -0.613. The number of nitrogens with zero attached hydrogens (tertiary/aromatic N) is 1. The third kappa shape index (κ3) is 7.29. The summed E-state index contributed by atoms with van der Waals surface area (Å²) in [7, 11) is 0. The fourth-order valence-electron chi connectivity index (χ4n) is 2.79. The van der Waals surface area contributed by atoms with Crippen molar-refractivity contribution in [2.24, 2.45) is 5.92 Å². The number of nitrogens with one attached hydrogen (secondary N) is 1. The first-order valence-electron chi connectivity index (χ1n) is 9.20. The summed E-state index contributed by atoms with van der Waals surface area (Å²) in [6.45, 7) is 6.52. The molecule has 148 valence electrons. The summed E-state index contributed by atoms with van der Waals surface area (Å²) in [5.74, 6) is -0.214. The molecule has 1 heterocycles. The van der Waals surface area contributed by atoms with Crippen LogP contribution in [-0.4, -0.2) is 48.1 Å². The molecule has 0 spiro atoms. The lowest BCUT2D eigenvalue weighted by Crippen LogP contribution is -2.44. The van der Waals surface area contributed by atoms with E-state index in [0.717, 1.165) is 5.56 Å². The van der Waals surface area contributed by atoms with Gasteiger partial charge in [-0.25, -0.2) is 9.59 Å². The third-order valence-electron chi connectivity index (χ3n) is 4.22. The second-order valence-corrected chi connectivity index (χ2v) is 7.62. The Morgan fingerprint density at radius 1 is 1.11 bits per heavy atom. The van der Waals surface area contributed by atoms with E-state index >= 15 is 0 Å². The molecule has 27 heavy (non-hydrogen) atoms. The minimum Gasteiger partial charge on any atom is -0.445 e. The molecule has 1 N–H and O–H groups in total. The summed E-state index contributed by atoms with van der Waals surface area (Å²) in [5, 5.41) is 2.50. The third-order valence-corrected chi connectivity index (χ3v) is 4.22. The van der Waals surface area contributed by atoms with E-state index in [-0.39, 0.29) is 30.9 Å². The molecule has 1 aromatic carbocycles. The molecular formula is C20H28N2O5. The Balaban J connectivity index is 1.67. The van der Waals surface area contributed by atoms with Crippen molar-refractivity contribution < 1.29 is 23.9 Å². The first kappa shape index (κ1) is 20.7. The topological polar surface area (TPSA) is 84.9 Å². The summed E-state index contributed by atoms with van der Waals surface area (Å²) in [6.07, 6.45) is 0.173. The lowest BCUT2D eigenvalue weighted by molar-refractivity contribution is -0.123. The molecule has 1 fully saturated rings. The Morgan fingerprint density at radius 2 is 1.74 bits per heavy atom. The monoisotopic (exact) mass is 376 g/mol. The van der Waals surface area contributed by atoms with E-state index < -0.39 is 11.7 Å². The van der Waals surface area contributed by atoms with Crippen LogP contribution in [0.15, 0.2) is 30.3 Å². The van der Waals surface area contributed by atoms with Crippen LogP contribution in [0.5, 0.6) is 0 Å². The standard InChI is InChI=1S/C20H28N2O5/c1-20(2,3)27-19(25)22-11-9-16(10-12-22)17(23)13-21-18(24)26-14-15-7-5-4-6-8-15/h4-8,16H,9-14H2,1-3H3,(H,21,24). The predicted molar refractivity (Wildman–Crippen MR) is 100 cm³/mol. The van der Waals surface area contributed by atoms with Gasteiger partial charge in [0.05, 0.1) is 6.54 Å². The number of carbonyl (C=O) groups excluding carboxylic acids is 3. The summed E-state index contributed by atoms with van der Waals surface area (Å²) in [6, 6.07) is 9.33. The number of piperidine rings is 1. The van der Waals surface area contributed by atoms with E-state index in [1.807, 2.05) is 51.1 Å². The van der Waals surface area contributed by atoms with Crippen LogP contribution in [-0.2, 0) is 20.9 Å². The van der Waals surface area contributed by atoms with Gasteiger partial charge in [-0.15, -0.1) is 0 Å². The van der Waals surface area contributed by atoms with Crippen molar-refractivity contribution in [1.82, 2.24) is 10.2 Å². The Bertz CT molecular complexity index is 646. The molecule has 7 heteroatoms. The number of Topliss-reactive ketones (excluding diaryl/α,β-unsaturated/α-hetero) is 1. The van der Waals surface area contributed by atoms with Gasteiger partial charge in [0.25, 0.3) is 0 Å². The smallest absolute Gasteiger partial charge is 0.410 e. The van der Waals surface area contributed by atoms with Gasteiger partial charge < -0.3 is 19.7 Å². The lowest BCUT2D eigenvalue weighted by Gasteiger charge is -2.32. The van der Waals surface area contributed by atoms with Gasteiger partial charge in [0.2, 0.25) is 0 Å². The van der Waals surface area contributed by atoms with Gasteiger partial charge in [0.15, 0.2) is 5.78 Å². The van der Waals surface area contributed by atoms with Crippen molar-refractivity contribution in [3.8, 4) is 0 Å². The number of alkyl carbamates (subject to hydrolysis) is 1. The number of benzene rings is 1. The van der Waals surface area contributed by atoms with Crippen LogP contribution in [0.3, 0.4) is 0 Å². The first-order valence-corrected chi connectivity index (χ1v) is 9.20. The maximum Gasteiger partial charge on any atom is 0.410 e. The normalized spacial score (nSPS) is 15.1. The van der Waals surface area contributed by atoms with Crippen LogP contribution in [0.25, 0.3) is 0 Å². The van der Waals surface area contributed by atoms with Crippen molar-refractivity contribution in [2.75, 3.05) is 19.6 Å². The summed E-state index contributed by atoms with van der Waals surface area (Å²) < 4.78 is 10.4. The zero-order valence-electron chi connectivity index (χ0n) is 16.2. The Kier molecular flexibility index (Phi) is 7.21. The molecule has 1 aromatic rings. The van der Waals surface area contributed by atoms with E-state index in [2.05, 4.69) is 5.32 Å². The molecule has 0 aromatic heterocycles. The van der Waals surface area contributed by atoms with Gasteiger partial charge in [-0.3, -0.25) is 4.79 Å². The Labute approximate surface area is 160 Å². The molecular weight excluding hydrogens is 348 g/mol. The molecule has 0 radical (unpaired) electrons. The van der Waals surface area contributed by atoms with E-state index in [1.54, 1.807) is 4.90 Å². The van der Waals surface area contributed by atoms with Crippen molar-refractivity contribution in [2.45, 2.75) is 45.8 Å². The first-order chi connectivity index (χ1) is 12.7. The number of amides is 2. The minimum absolute atomic E-state index is 0.0458. The van der Waals surface area contributed by atoms with E-state index in [9.17, 15) is 14.4 Å². The van der Waals surface area contributed by atoms with Crippen molar-refractivity contribution in [3.63, 3.8) is 0 Å². The Hall–Kier alpha value is -2.57.